The topological polar surface area (TPSA) is 186 Å². The SMILES string of the molecule is Cc1ncsc1-c1ccc([C@H](C)NC(=O)[C@@H]2C[C@@H](O)CN2C(=O)[C@@H](c2cc(OCCN3CCC(CN4CCN5c6cc(-c7ccccc7O)nnc6NC[C@H]5C4)CC3)no2)C(C)C)c(F)c1. The minimum absolute atomic E-state index is 0.0107. The Morgan fingerprint density at radius 3 is 2.61 bits per heavy atom. The van der Waals surface area contributed by atoms with E-state index < -0.39 is 35.8 Å². The average molecular weight is 923 g/mol. The van der Waals surface area contributed by atoms with Crippen molar-refractivity contribution in [3.63, 3.8) is 0 Å². The van der Waals surface area contributed by atoms with Gasteiger partial charge in [0.2, 0.25) is 11.8 Å². The summed E-state index contributed by atoms with van der Waals surface area (Å²) in [7, 11) is 0. The lowest BCUT2D eigenvalue weighted by Gasteiger charge is -2.47. The van der Waals surface area contributed by atoms with Gasteiger partial charge < -0.3 is 39.9 Å². The number of rotatable bonds is 14. The number of aliphatic hydroxyl groups is 1. The Labute approximate surface area is 388 Å². The number of aromatic nitrogens is 4. The Morgan fingerprint density at radius 2 is 1.85 bits per heavy atom. The van der Waals surface area contributed by atoms with Gasteiger partial charge >= 0.3 is 0 Å². The molecule has 3 fully saturated rings. The predicted octanol–water partition coefficient (Wildman–Crippen LogP) is 5.69. The van der Waals surface area contributed by atoms with Crippen LogP contribution in [0.15, 0.2) is 64.6 Å². The third-order valence-electron chi connectivity index (χ3n) is 13.7. The van der Waals surface area contributed by atoms with Gasteiger partial charge in [-0.3, -0.25) is 19.4 Å². The van der Waals surface area contributed by atoms with Crippen LogP contribution < -0.4 is 20.3 Å². The number of aryl methyl sites for hydroxylation is 1. The van der Waals surface area contributed by atoms with Crippen LogP contribution in [0.3, 0.4) is 0 Å². The molecule has 4 N–H and O–H groups in total. The summed E-state index contributed by atoms with van der Waals surface area (Å²) < 4.78 is 27.1. The lowest BCUT2D eigenvalue weighted by Crippen LogP contribution is -2.58. The number of anilines is 2. The van der Waals surface area contributed by atoms with E-state index in [1.54, 1.807) is 36.7 Å². The Hall–Kier alpha value is -5.69. The van der Waals surface area contributed by atoms with Crippen molar-refractivity contribution in [2.75, 3.05) is 75.7 Å². The number of hydrogen-bond acceptors (Lipinski definition) is 15. The molecular formula is C48H59FN10O6S. The molecule has 0 bridgehead atoms. The monoisotopic (exact) mass is 922 g/mol. The number of piperidine rings is 1. The van der Waals surface area contributed by atoms with Crippen molar-refractivity contribution in [3.05, 3.63) is 82.9 Å². The first kappa shape index (κ1) is 45.5. The van der Waals surface area contributed by atoms with E-state index in [1.807, 2.05) is 45.0 Å². The van der Waals surface area contributed by atoms with Crippen LogP contribution in [0.4, 0.5) is 15.9 Å². The number of nitrogens with zero attached hydrogens (tertiary/aromatic N) is 8. The van der Waals surface area contributed by atoms with Gasteiger partial charge in [0.25, 0.3) is 5.88 Å². The van der Waals surface area contributed by atoms with Crippen molar-refractivity contribution in [1.82, 2.24) is 40.4 Å². The van der Waals surface area contributed by atoms with Gasteiger partial charge in [0.05, 0.1) is 45.7 Å². The summed E-state index contributed by atoms with van der Waals surface area (Å²) in [5, 5.41) is 40.5. The third kappa shape index (κ3) is 9.73. The Bertz CT molecular complexity index is 2510. The maximum Gasteiger partial charge on any atom is 0.254 e. The third-order valence-corrected chi connectivity index (χ3v) is 14.6. The van der Waals surface area contributed by atoms with E-state index in [9.17, 15) is 19.8 Å². The number of aromatic hydroxyl groups is 1. The van der Waals surface area contributed by atoms with Crippen LogP contribution in [0.25, 0.3) is 21.7 Å². The highest BCUT2D eigenvalue weighted by Crippen LogP contribution is 2.37. The first-order valence-electron chi connectivity index (χ1n) is 23.1. The minimum atomic E-state index is -0.943. The van der Waals surface area contributed by atoms with Gasteiger partial charge in [0, 0.05) is 69.4 Å². The molecular weight excluding hydrogens is 864 g/mol. The fraction of sp³-hybridized carbons (Fsp3) is 0.500. The number of carbonyl (C=O) groups excluding carboxylic acids is 2. The number of thiazole rings is 1. The second-order valence-electron chi connectivity index (χ2n) is 18.5. The number of phenolic OH excluding ortho intramolecular Hbond substituents is 1. The molecule has 0 spiro atoms. The fourth-order valence-electron chi connectivity index (χ4n) is 10.1. The quantitative estimate of drug-likeness (QED) is 0.106. The van der Waals surface area contributed by atoms with Crippen LogP contribution in [0.5, 0.6) is 11.6 Å². The molecule has 350 valence electrons. The second kappa shape index (κ2) is 19.6. The van der Waals surface area contributed by atoms with Crippen molar-refractivity contribution >= 4 is 34.7 Å². The molecule has 18 heteroatoms. The summed E-state index contributed by atoms with van der Waals surface area (Å²) in [5.41, 5.74) is 5.95. The lowest BCUT2D eigenvalue weighted by molar-refractivity contribution is -0.141. The van der Waals surface area contributed by atoms with Crippen LogP contribution in [-0.4, -0.2) is 141 Å². The minimum Gasteiger partial charge on any atom is -0.507 e. The highest BCUT2D eigenvalue weighted by molar-refractivity contribution is 7.13. The number of amides is 2. The van der Waals surface area contributed by atoms with E-state index in [0.717, 1.165) is 87.3 Å². The Morgan fingerprint density at radius 1 is 1.03 bits per heavy atom. The van der Waals surface area contributed by atoms with E-state index in [2.05, 4.69) is 45.7 Å². The molecule has 3 aromatic heterocycles. The molecule has 7 heterocycles. The molecule has 16 nitrogen and oxygen atoms in total. The number of benzene rings is 2. The van der Waals surface area contributed by atoms with Crippen LogP contribution in [0.2, 0.25) is 0 Å². The molecule has 0 aliphatic carbocycles. The number of carbonyl (C=O) groups is 2. The molecule has 9 rings (SSSR count). The predicted molar refractivity (Wildman–Crippen MR) is 249 cm³/mol. The Balaban J connectivity index is 0.731. The highest BCUT2D eigenvalue weighted by atomic mass is 32.1. The number of para-hydroxylation sites is 1. The molecule has 0 radical (unpaired) electrons. The van der Waals surface area contributed by atoms with Crippen LogP contribution in [0, 0.1) is 24.6 Å². The standard InChI is InChI=1S/C48H59FN10O6S/c1-28(2)44(48(63)59-26-34(60)20-40(59)47(62)52-29(3)35-10-9-32(19-37(35)49)45-30(4)51-27-66-45)42-22-43(55-65-42)64-18-17-56-13-11-31(12-14-56)24-57-15-16-58-33(25-57)23-50-46-39(58)21-38(53-54-46)36-7-5-6-8-41(36)61/h5-10,19,21-22,27-29,31,33-34,40,44,60-61H,11-18,20,23-26H2,1-4H3,(H,50,54)(H,52,62)/t29-,33-,34+,40-,44+/m0/s1. The zero-order valence-corrected chi connectivity index (χ0v) is 38.7. The number of aliphatic hydroxyl groups excluding tert-OH is 1. The van der Waals surface area contributed by atoms with Gasteiger partial charge in [0.15, 0.2) is 11.6 Å². The maximum atomic E-state index is 15.4. The maximum absolute atomic E-state index is 15.4. The number of ether oxygens (including phenoxy) is 1. The molecule has 2 aromatic carbocycles. The first-order valence-corrected chi connectivity index (χ1v) is 24.0. The van der Waals surface area contributed by atoms with E-state index in [0.29, 0.717) is 52.6 Å². The molecule has 0 unspecified atom stereocenters. The first-order chi connectivity index (χ1) is 31.9. The van der Waals surface area contributed by atoms with Crippen LogP contribution >= 0.6 is 11.3 Å². The summed E-state index contributed by atoms with van der Waals surface area (Å²) >= 11 is 1.44. The number of β-amino-alcohol motifs (C(OH)–C–C–N with tert-alkyl or cyclic N) is 1. The van der Waals surface area contributed by atoms with E-state index in [-0.39, 0.29) is 30.5 Å². The fourth-order valence-corrected chi connectivity index (χ4v) is 10.9. The molecule has 66 heavy (non-hydrogen) atoms. The summed E-state index contributed by atoms with van der Waals surface area (Å²) in [4.78, 5) is 41.9. The molecule has 2 amide bonds. The number of hydrogen-bond donors (Lipinski definition) is 4. The number of fused-ring (bicyclic) bond motifs is 3. The van der Waals surface area contributed by atoms with Crippen LogP contribution in [-0.2, 0) is 9.59 Å². The largest absolute Gasteiger partial charge is 0.507 e. The van der Waals surface area contributed by atoms with E-state index in [1.165, 1.54) is 22.3 Å². The number of phenols is 1. The summed E-state index contributed by atoms with van der Waals surface area (Å²) in [6.45, 7) is 15.2. The van der Waals surface area contributed by atoms with Crippen molar-refractivity contribution in [2.45, 2.75) is 77.1 Å². The van der Waals surface area contributed by atoms with Crippen molar-refractivity contribution in [2.24, 2.45) is 11.8 Å². The number of halogens is 1. The molecule has 4 aliphatic heterocycles. The Kier molecular flexibility index (Phi) is 13.5. The van der Waals surface area contributed by atoms with Gasteiger partial charge in [0.1, 0.15) is 30.1 Å². The molecule has 4 aliphatic rings. The van der Waals surface area contributed by atoms with Crippen molar-refractivity contribution in [3.8, 4) is 33.3 Å². The zero-order chi connectivity index (χ0) is 46.1. The smallest absolute Gasteiger partial charge is 0.254 e. The molecule has 3 saturated heterocycles. The van der Waals surface area contributed by atoms with E-state index >= 15 is 4.39 Å². The summed E-state index contributed by atoms with van der Waals surface area (Å²) in [6, 6.07) is 14.5. The van der Waals surface area contributed by atoms with E-state index in [4.69, 9.17) is 9.26 Å². The second-order valence-corrected chi connectivity index (χ2v) is 19.4. The number of piperazine rings is 1. The van der Waals surface area contributed by atoms with Gasteiger partial charge in [-0.05, 0) is 86.6 Å². The summed E-state index contributed by atoms with van der Waals surface area (Å²) in [5.74, 6) is -0.0303. The number of nitrogens with one attached hydrogen (secondary N) is 2. The van der Waals surface area contributed by atoms with Gasteiger partial charge in [-0.1, -0.05) is 38.1 Å². The zero-order valence-electron chi connectivity index (χ0n) is 37.9. The van der Waals surface area contributed by atoms with Crippen molar-refractivity contribution in [1.29, 1.82) is 0 Å². The highest BCUT2D eigenvalue weighted by Gasteiger charge is 2.44. The normalized spacial score (nSPS) is 21.3. The van der Waals surface area contributed by atoms with Gasteiger partial charge in [-0.15, -0.1) is 21.5 Å². The van der Waals surface area contributed by atoms with Gasteiger partial charge in [-0.25, -0.2) is 9.37 Å². The van der Waals surface area contributed by atoms with Crippen LogP contribution in [0.1, 0.15) is 69.0 Å². The number of likely N-dealkylation sites (tertiary alicyclic amines) is 2. The molecule has 0 saturated carbocycles. The molecule has 5 aromatic rings. The summed E-state index contributed by atoms with van der Waals surface area (Å²) in [6.07, 6.45) is 1.39. The molecule has 5 atom stereocenters. The van der Waals surface area contributed by atoms with Gasteiger partial charge in [-0.2, -0.15) is 0 Å². The lowest BCUT2D eigenvalue weighted by atomic mass is 9.91. The van der Waals surface area contributed by atoms with Crippen molar-refractivity contribution < 1.29 is 33.5 Å². The average Bonchev–Trinajstić information content (AvgIpc) is 4.06.